The highest BCUT2D eigenvalue weighted by molar-refractivity contribution is 5.71. The molecule has 2 heterocycles. The number of nitrogens with zero attached hydrogens (tertiary/aromatic N) is 1. The Hall–Kier alpha value is -2.75. The van der Waals surface area contributed by atoms with Crippen LogP contribution in [-0.4, -0.2) is 34.7 Å². The zero-order valence-electron chi connectivity index (χ0n) is 23.6. The lowest BCUT2D eigenvalue weighted by molar-refractivity contribution is -0.142. The van der Waals surface area contributed by atoms with E-state index in [0.717, 1.165) is 61.8 Å². The largest absolute Gasteiger partial charge is 0.487 e. The van der Waals surface area contributed by atoms with Crippen molar-refractivity contribution in [1.82, 2.24) is 4.90 Å². The van der Waals surface area contributed by atoms with Gasteiger partial charge in [0, 0.05) is 12.6 Å². The maximum absolute atomic E-state index is 13.8. The van der Waals surface area contributed by atoms with Crippen LogP contribution in [0.2, 0.25) is 0 Å². The topological polar surface area (TPSA) is 49.8 Å². The fourth-order valence-corrected chi connectivity index (χ4v) is 8.00. The first-order valence-corrected chi connectivity index (χ1v) is 14.7. The molecule has 0 aromatic heterocycles. The van der Waals surface area contributed by atoms with Crippen LogP contribution in [0.4, 0.5) is 26.3 Å². The van der Waals surface area contributed by atoms with Crippen LogP contribution in [0.15, 0.2) is 36.4 Å². The molecular weight excluding hydrogens is 560 g/mol. The molecule has 2 aromatic carbocycles. The van der Waals surface area contributed by atoms with Gasteiger partial charge in [0.05, 0.1) is 17.0 Å². The Balaban J connectivity index is 1.17. The molecule has 1 N–H and O–H groups in total. The molecule has 3 fully saturated rings. The maximum Gasteiger partial charge on any atom is 0.416 e. The molecule has 2 aliphatic heterocycles. The van der Waals surface area contributed by atoms with Crippen LogP contribution < -0.4 is 4.74 Å². The van der Waals surface area contributed by atoms with Gasteiger partial charge in [-0.25, -0.2) is 0 Å². The molecule has 0 unspecified atom stereocenters. The summed E-state index contributed by atoms with van der Waals surface area (Å²) in [5.74, 6) is -0.223. The number of ether oxygens (including phenoxy) is 1. The van der Waals surface area contributed by atoms with E-state index in [1.54, 1.807) is 13.8 Å². The summed E-state index contributed by atoms with van der Waals surface area (Å²) >= 11 is 0. The number of aliphatic carboxylic acids is 1. The van der Waals surface area contributed by atoms with Gasteiger partial charge >= 0.3 is 18.3 Å². The van der Waals surface area contributed by atoms with E-state index in [9.17, 15) is 36.2 Å². The molecule has 2 aromatic rings. The number of benzene rings is 2. The SMILES string of the molecule is C[C@H](C(=O)O)[C@H](c1ccc2c(c1)OC1(CC2)CC2(CCN([C@@H](C)c3cc(C(F)(F)F)ccc3C(F)(F)F)C2)C1)C1CC1. The molecule has 4 aliphatic rings. The van der Waals surface area contributed by atoms with Crippen molar-refractivity contribution in [3.63, 3.8) is 0 Å². The molecule has 4 nitrogen and oxygen atoms in total. The van der Waals surface area contributed by atoms with Crippen LogP contribution in [-0.2, 0) is 23.6 Å². The highest BCUT2D eigenvalue weighted by Gasteiger charge is 2.60. The Morgan fingerprint density at radius 3 is 2.33 bits per heavy atom. The second kappa shape index (κ2) is 9.89. The summed E-state index contributed by atoms with van der Waals surface area (Å²) in [7, 11) is 0. The summed E-state index contributed by atoms with van der Waals surface area (Å²) in [6.45, 7) is 4.31. The molecule has 42 heavy (non-hydrogen) atoms. The molecule has 0 radical (unpaired) electrons. The normalized spacial score (nSPS) is 28.2. The van der Waals surface area contributed by atoms with Gasteiger partial charge in [-0.1, -0.05) is 19.1 Å². The summed E-state index contributed by atoms with van der Waals surface area (Å²) in [6, 6.07) is 6.96. The number of halogens is 6. The lowest BCUT2D eigenvalue weighted by Crippen LogP contribution is -2.58. The Morgan fingerprint density at radius 2 is 1.71 bits per heavy atom. The standard InChI is InChI=1S/C32H35F6NO3/c1-18(28(40)41)27(21-4-5-21)22-6-3-20-9-10-30(42-26(20)13-22)15-29(16-30)11-12-39(17-29)19(2)24-14-23(31(33,34)35)7-8-25(24)32(36,37)38/h3,6-8,13-14,18-19,21,27H,4-5,9-12,15-17H2,1-2H3,(H,40,41)/t18-,19-,27-,29?,30?/m0/s1. The molecule has 3 atom stereocenters. The minimum Gasteiger partial charge on any atom is -0.487 e. The number of aryl methyl sites for hydroxylation is 1. The Kier molecular flexibility index (Phi) is 6.91. The molecular formula is C32H35F6NO3. The fourth-order valence-electron chi connectivity index (χ4n) is 8.00. The summed E-state index contributed by atoms with van der Waals surface area (Å²) in [6.07, 6.45) is -3.58. The van der Waals surface area contributed by atoms with Crippen LogP contribution in [0.1, 0.15) is 92.1 Å². The predicted octanol–water partition coefficient (Wildman–Crippen LogP) is 8.25. The third-order valence-electron chi connectivity index (χ3n) is 10.3. The van der Waals surface area contributed by atoms with Crippen molar-refractivity contribution in [2.75, 3.05) is 13.1 Å². The van der Waals surface area contributed by atoms with Crippen LogP contribution in [0.25, 0.3) is 0 Å². The average molecular weight is 596 g/mol. The van der Waals surface area contributed by atoms with Crippen molar-refractivity contribution < 1.29 is 41.0 Å². The van der Waals surface area contributed by atoms with Crippen molar-refractivity contribution >= 4 is 5.97 Å². The number of fused-ring (bicyclic) bond motifs is 1. The average Bonchev–Trinajstić information content (AvgIpc) is 3.64. The number of rotatable bonds is 6. The molecule has 228 valence electrons. The van der Waals surface area contributed by atoms with Crippen LogP contribution >= 0.6 is 0 Å². The van der Waals surface area contributed by atoms with Crippen molar-refractivity contribution in [2.45, 2.75) is 88.7 Å². The maximum atomic E-state index is 13.8. The van der Waals surface area contributed by atoms with Crippen molar-refractivity contribution in [3.05, 3.63) is 64.2 Å². The third kappa shape index (κ3) is 5.28. The number of carboxylic acid groups (broad SMARTS) is 1. The number of alkyl halides is 6. The second-order valence-corrected chi connectivity index (χ2v) is 13.2. The minimum absolute atomic E-state index is 0.0654. The molecule has 2 aliphatic carbocycles. The Morgan fingerprint density at radius 1 is 1.00 bits per heavy atom. The lowest BCUT2D eigenvalue weighted by Gasteiger charge is -2.56. The number of hydrogen-bond acceptors (Lipinski definition) is 3. The van der Waals surface area contributed by atoms with Gasteiger partial charge in [0.25, 0.3) is 0 Å². The second-order valence-electron chi connectivity index (χ2n) is 13.2. The van der Waals surface area contributed by atoms with E-state index in [1.807, 2.05) is 23.1 Å². The van der Waals surface area contributed by atoms with E-state index in [1.165, 1.54) is 0 Å². The first-order chi connectivity index (χ1) is 19.6. The zero-order valence-corrected chi connectivity index (χ0v) is 23.6. The third-order valence-corrected chi connectivity index (χ3v) is 10.3. The van der Waals surface area contributed by atoms with Gasteiger partial charge in [0.2, 0.25) is 0 Å². The van der Waals surface area contributed by atoms with Crippen molar-refractivity contribution in [3.8, 4) is 5.75 Å². The van der Waals surface area contributed by atoms with Gasteiger partial charge in [0.1, 0.15) is 11.4 Å². The van der Waals surface area contributed by atoms with E-state index < -0.39 is 41.4 Å². The van der Waals surface area contributed by atoms with Crippen molar-refractivity contribution in [1.29, 1.82) is 0 Å². The minimum atomic E-state index is -4.76. The monoisotopic (exact) mass is 595 g/mol. The van der Waals surface area contributed by atoms with Crippen LogP contribution in [0.5, 0.6) is 5.75 Å². The number of carbonyl (C=O) groups is 1. The zero-order chi connectivity index (χ0) is 30.2. The Bertz CT molecular complexity index is 1380. The van der Waals surface area contributed by atoms with Crippen molar-refractivity contribution in [2.24, 2.45) is 17.3 Å². The number of likely N-dealkylation sites (tertiary alicyclic amines) is 1. The van der Waals surface area contributed by atoms with E-state index in [4.69, 9.17) is 4.74 Å². The smallest absolute Gasteiger partial charge is 0.416 e. The molecule has 6 rings (SSSR count). The molecule has 1 saturated heterocycles. The highest BCUT2D eigenvalue weighted by Crippen LogP contribution is 2.60. The number of carboxylic acids is 1. The van der Waals surface area contributed by atoms with Gasteiger partial charge < -0.3 is 9.84 Å². The van der Waals surface area contributed by atoms with Gasteiger partial charge in [0.15, 0.2) is 0 Å². The first kappa shape index (κ1) is 29.3. The highest BCUT2D eigenvalue weighted by atomic mass is 19.4. The quantitative estimate of drug-likeness (QED) is 0.342. The summed E-state index contributed by atoms with van der Waals surface area (Å²) in [5.41, 5.74) is -0.917. The molecule has 10 heteroatoms. The van der Waals surface area contributed by atoms with E-state index >= 15 is 0 Å². The summed E-state index contributed by atoms with van der Waals surface area (Å²) < 4.78 is 88.1. The van der Waals surface area contributed by atoms with E-state index in [0.29, 0.717) is 37.2 Å². The van der Waals surface area contributed by atoms with Crippen LogP contribution in [0, 0.1) is 17.3 Å². The van der Waals surface area contributed by atoms with E-state index in [2.05, 4.69) is 0 Å². The fraction of sp³-hybridized carbons (Fsp3) is 0.594. The van der Waals surface area contributed by atoms with Gasteiger partial charge in [-0.15, -0.1) is 0 Å². The first-order valence-electron chi connectivity index (χ1n) is 14.7. The number of hydrogen-bond donors (Lipinski definition) is 1. The lowest BCUT2D eigenvalue weighted by atomic mass is 9.56. The molecule has 0 amide bonds. The summed E-state index contributed by atoms with van der Waals surface area (Å²) in [4.78, 5) is 13.7. The van der Waals surface area contributed by atoms with Gasteiger partial charge in [-0.05, 0) is 117 Å². The van der Waals surface area contributed by atoms with Gasteiger partial charge in [-0.3, -0.25) is 9.69 Å². The Labute approximate surface area is 241 Å². The molecule has 0 bridgehead atoms. The molecule has 2 saturated carbocycles. The van der Waals surface area contributed by atoms with Crippen LogP contribution in [0.3, 0.4) is 0 Å². The van der Waals surface area contributed by atoms with E-state index in [-0.39, 0.29) is 22.5 Å². The summed E-state index contributed by atoms with van der Waals surface area (Å²) in [5, 5.41) is 9.67. The predicted molar refractivity (Wildman–Crippen MR) is 143 cm³/mol. The molecule has 2 spiro atoms. The van der Waals surface area contributed by atoms with Gasteiger partial charge in [-0.2, -0.15) is 26.3 Å².